The first kappa shape index (κ1) is 13.4. The summed E-state index contributed by atoms with van der Waals surface area (Å²) in [5.41, 5.74) is 1.18. The minimum absolute atomic E-state index is 0.326. The molecule has 0 radical (unpaired) electrons. The number of nitrogens with zero attached hydrogens (tertiary/aromatic N) is 1. The number of likely N-dealkylation sites (tertiary alicyclic amines) is 1. The largest absolute Gasteiger partial charge is 0.478 e. The number of benzene rings is 1. The van der Waals surface area contributed by atoms with Gasteiger partial charge in [0.05, 0.1) is 5.56 Å². The predicted octanol–water partition coefficient (Wildman–Crippen LogP) is 3.41. The first-order valence-corrected chi connectivity index (χ1v) is 6.78. The molecule has 1 aliphatic heterocycles. The van der Waals surface area contributed by atoms with Crippen LogP contribution in [-0.4, -0.2) is 29.1 Å². The number of carboxylic acid groups (broad SMARTS) is 1. The number of hydrogen-bond donors (Lipinski definition) is 1. The van der Waals surface area contributed by atoms with E-state index in [2.05, 4.69) is 4.90 Å². The minimum atomic E-state index is -0.901. The van der Waals surface area contributed by atoms with Crippen LogP contribution in [0.15, 0.2) is 18.2 Å². The molecule has 1 saturated heterocycles. The Kier molecular flexibility index (Phi) is 4.61. The fourth-order valence-electron chi connectivity index (χ4n) is 2.42. The van der Waals surface area contributed by atoms with E-state index in [1.54, 1.807) is 6.07 Å². The second-order valence-electron chi connectivity index (χ2n) is 4.80. The van der Waals surface area contributed by atoms with E-state index >= 15 is 0 Å². The van der Waals surface area contributed by atoms with Crippen molar-refractivity contribution in [1.29, 1.82) is 0 Å². The molecule has 2 rings (SSSR count). The number of aromatic carboxylic acids is 1. The van der Waals surface area contributed by atoms with Gasteiger partial charge in [-0.1, -0.05) is 30.5 Å². The molecule has 0 aliphatic carbocycles. The van der Waals surface area contributed by atoms with E-state index in [4.69, 9.17) is 11.6 Å². The molecule has 3 nitrogen and oxygen atoms in total. The molecule has 0 unspecified atom stereocenters. The molecule has 1 aliphatic rings. The minimum Gasteiger partial charge on any atom is -0.478 e. The van der Waals surface area contributed by atoms with Crippen LogP contribution in [0.5, 0.6) is 0 Å². The fourth-order valence-corrected chi connectivity index (χ4v) is 2.59. The third kappa shape index (κ3) is 3.47. The van der Waals surface area contributed by atoms with E-state index in [1.807, 2.05) is 6.07 Å². The number of halogens is 1. The lowest BCUT2D eigenvalue weighted by atomic mass is 10.1. The Morgan fingerprint density at radius 3 is 2.50 bits per heavy atom. The molecule has 1 heterocycles. The smallest absolute Gasteiger partial charge is 0.336 e. The van der Waals surface area contributed by atoms with Gasteiger partial charge in [0.15, 0.2) is 0 Å². The summed E-state index contributed by atoms with van der Waals surface area (Å²) in [6.45, 7) is 2.82. The van der Waals surface area contributed by atoms with Crippen molar-refractivity contribution < 1.29 is 9.90 Å². The van der Waals surface area contributed by atoms with E-state index < -0.39 is 5.97 Å². The third-order valence-electron chi connectivity index (χ3n) is 3.39. The zero-order valence-corrected chi connectivity index (χ0v) is 11.1. The van der Waals surface area contributed by atoms with Crippen LogP contribution in [-0.2, 0) is 6.54 Å². The lowest BCUT2D eigenvalue weighted by molar-refractivity contribution is 0.0694. The number of carbonyl (C=O) groups is 1. The average Bonchev–Trinajstić information content (AvgIpc) is 2.60. The van der Waals surface area contributed by atoms with Crippen LogP contribution < -0.4 is 0 Å². The first-order valence-electron chi connectivity index (χ1n) is 6.41. The number of hydrogen-bond acceptors (Lipinski definition) is 2. The van der Waals surface area contributed by atoms with Crippen molar-refractivity contribution in [3.05, 3.63) is 34.3 Å². The number of carboxylic acids is 1. The lowest BCUT2D eigenvalue weighted by Gasteiger charge is -2.20. The molecule has 0 amide bonds. The quantitative estimate of drug-likeness (QED) is 0.912. The molecular weight excluding hydrogens is 250 g/mol. The topological polar surface area (TPSA) is 40.5 Å². The van der Waals surface area contributed by atoms with Crippen molar-refractivity contribution in [2.45, 2.75) is 32.2 Å². The zero-order valence-electron chi connectivity index (χ0n) is 10.4. The maximum atomic E-state index is 11.2. The molecule has 1 aromatic rings. The summed E-state index contributed by atoms with van der Waals surface area (Å²) in [5.74, 6) is -0.901. The van der Waals surface area contributed by atoms with Crippen molar-refractivity contribution in [1.82, 2.24) is 4.90 Å². The van der Waals surface area contributed by atoms with Crippen molar-refractivity contribution in [2.75, 3.05) is 13.1 Å². The Hall–Kier alpha value is -1.06. The highest BCUT2D eigenvalue weighted by Crippen LogP contribution is 2.19. The molecule has 0 atom stereocenters. The van der Waals surface area contributed by atoms with Gasteiger partial charge >= 0.3 is 5.97 Å². The molecule has 1 aromatic carbocycles. The van der Waals surface area contributed by atoms with E-state index in [0.29, 0.717) is 17.1 Å². The molecule has 0 saturated carbocycles. The van der Waals surface area contributed by atoms with Gasteiger partial charge in [-0.2, -0.15) is 0 Å². The van der Waals surface area contributed by atoms with E-state index in [-0.39, 0.29) is 0 Å². The zero-order chi connectivity index (χ0) is 13.0. The SMILES string of the molecule is O=C(O)c1cc(Cl)ccc1CN1CCCCCC1. The molecule has 98 valence electrons. The van der Waals surface area contributed by atoms with Crippen molar-refractivity contribution in [2.24, 2.45) is 0 Å². The van der Waals surface area contributed by atoms with Crippen LogP contribution in [0.4, 0.5) is 0 Å². The number of rotatable bonds is 3. The monoisotopic (exact) mass is 267 g/mol. The molecule has 1 fully saturated rings. The van der Waals surface area contributed by atoms with Crippen molar-refractivity contribution >= 4 is 17.6 Å². The Bertz CT molecular complexity index is 426. The first-order chi connectivity index (χ1) is 8.66. The standard InChI is InChI=1S/C14H18ClNO2/c15-12-6-5-11(13(9-12)14(17)18)10-16-7-3-1-2-4-8-16/h5-6,9H,1-4,7-8,10H2,(H,17,18). The van der Waals surface area contributed by atoms with Crippen molar-refractivity contribution in [3.8, 4) is 0 Å². The average molecular weight is 268 g/mol. The summed E-state index contributed by atoms with van der Waals surface area (Å²) < 4.78 is 0. The molecule has 1 N–H and O–H groups in total. The molecular formula is C14H18ClNO2. The second-order valence-corrected chi connectivity index (χ2v) is 5.23. The summed E-state index contributed by atoms with van der Waals surface area (Å²) in [5, 5.41) is 9.68. The molecule has 0 bridgehead atoms. The van der Waals surface area contributed by atoms with Crippen LogP contribution >= 0.6 is 11.6 Å². The summed E-state index contributed by atoms with van der Waals surface area (Å²) in [6, 6.07) is 5.13. The molecule has 18 heavy (non-hydrogen) atoms. The molecule has 0 aromatic heterocycles. The van der Waals surface area contributed by atoms with Gasteiger partial charge in [0.25, 0.3) is 0 Å². The van der Waals surface area contributed by atoms with Gasteiger partial charge in [-0.15, -0.1) is 0 Å². The van der Waals surface area contributed by atoms with Gasteiger partial charge in [0.1, 0.15) is 0 Å². The van der Waals surface area contributed by atoms with Gasteiger partial charge in [0, 0.05) is 11.6 Å². The van der Waals surface area contributed by atoms with Crippen LogP contribution in [0.1, 0.15) is 41.6 Å². The van der Waals surface area contributed by atoms with Gasteiger partial charge in [-0.3, -0.25) is 4.90 Å². The third-order valence-corrected chi connectivity index (χ3v) is 3.63. The van der Waals surface area contributed by atoms with E-state index in [1.165, 1.54) is 31.7 Å². The van der Waals surface area contributed by atoms with Crippen molar-refractivity contribution in [3.63, 3.8) is 0 Å². The highest BCUT2D eigenvalue weighted by Gasteiger charge is 2.15. The van der Waals surface area contributed by atoms with Crippen LogP contribution in [0, 0.1) is 0 Å². The Morgan fingerprint density at radius 1 is 1.22 bits per heavy atom. The van der Waals surface area contributed by atoms with Crippen LogP contribution in [0.25, 0.3) is 0 Å². The Labute approximate surface area is 112 Å². The van der Waals surface area contributed by atoms with E-state index in [9.17, 15) is 9.90 Å². The van der Waals surface area contributed by atoms with Crippen LogP contribution in [0.2, 0.25) is 5.02 Å². The maximum Gasteiger partial charge on any atom is 0.336 e. The molecule has 4 heteroatoms. The van der Waals surface area contributed by atoms with Gasteiger partial charge in [0.2, 0.25) is 0 Å². The van der Waals surface area contributed by atoms with Crippen LogP contribution in [0.3, 0.4) is 0 Å². The van der Waals surface area contributed by atoms with Gasteiger partial charge < -0.3 is 5.11 Å². The maximum absolute atomic E-state index is 11.2. The highest BCUT2D eigenvalue weighted by molar-refractivity contribution is 6.30. The van der Waals surface area contributed by atoms with Gasteiger partial charge in [-0.05, 0) is 43.6 Å². The summed E-state index contributed by atoms with van der Waals surface area (Å²) >= 11 is 5.85. The Morgan fingerprint density at radius 2 is 1.89 bits per heavy atom. The second kappa shape index (κ2) is 6.21. The Balaban J connectivity index is 2.14. The van der Waals surface area contributed by atoms with E-state index in [0.717, 1.165) is 18.7 Å². The summed E-state index contributed by atoms with van der Waals surface area (Å²) in [4.78, 5) is 13.5. The molecule has 0 spiro atoms. The summed E-state index contributed by atoms with van der Waals surface area (Å²) in [7, 11) is 0. The highest BCUT2D eigenvalue weighted by atomic mass is 35.5. The lowest BCUT2D eigenvalue weighted by Crippen LogP contribution is -2.25. The van der Waals surface area contributed by atoms with Gasteiger partial charge in [-0.25, -0.2) is 4.79 Å². The summed E-state index contributed by atoms with van der Waals surface area (Å²) in [6.07, 6.45) is 4.97. The fraction of sp³-hybridized carbons (Fsp3) is 0.500. The predicted molar refractivity (Wildman–Crippen MR) is 72.2 cm³/mol. The normalized spacial score (nSPS) is 17.4.